The molecule has 1 unspecified atom stereocenters. The van der Waals surface area contributed by atoms with Gasteiger partial charge in [0.15, 0.2) is 0 Å². The molecule has 182 valence electrons. The van der Waals surface area contributed by atoms with Crippen molar-refractivity contribution in [3.8, 4) is 10.4 Å². The molecule has 0 bridgehead atoms. The van der Waals surface area contributed by atoms with Crippen LogP contribution in [0.1, 0.15) is 61.7 Å². The number of aryl methyl sites for hydroxylation is 1. The van der Waals surface area contributed by atoms with Crippen LogP contribution in [0.25, 0.3) is 10.4 Å². The fraction of sp³-hybridized carbons (Fsp3) is 0.417. The lowest BCUT2D eigenvalue weighted by atomic mass is 9.78. The van der Waals surface area contributed by atoms with E-state index in [2.05, 4.69) is 20.3 Å². The number of nitrogens with zero attached hydrogens (tertiary/aromatic N) is 3. The van der Waals surface area contributed by atoms with Gasteiger partial charge in [0.25, 0.3) is 12.9 Å². The van der Waals surface area contributed by atoms with E-state index in [9.17, 15) is 13.9 Å². The normalized spacial score (nSPS) is 15.8. The molecular weight excluding hydrogens is 462 g/mol. The number of carbonyl (C=O) groups is 1. The van der Waals surface area contributed by atoms with Crippen LogP contribution in [0.4, 0.5) is 20.4 Å². The van der Waals surface area contributed by atoms with Gasteiger partial charge in [0.05, 0.1) is 4.88 Å². The summed E-state index contributed by atoms with van der Waals surface area (Å²) in [4.78, 5) is 21.8. The Kier molecular flexibility index (Phi) is 8.62. The quantitative estimate of drug-likeness (QED) is 0.359. The summed E-state index contributed by atoms with van der Waals surface area (Å²) in [7, 11) is 0. The number of rotatable bonds is 6. The Morgan fingerprint density at radius 3 is 2.59 bits per heavy atom. The summed E-state index contributed by atoms with van der Waals surface area (Å²) < 4.78 is 25.8. The molecule has 1 fully saturated rings. The second-order valence-electron chi connectivity index (χ2n) is 8.44. The molecule has 0 saturated heterocycles. The summed E-state index contributed by atoms with van der Waals surface area (Å²) in [5, 5.41) is 21.8. The van der Waals surface area contributed by atoms with Crippen molar-refractivity contribution in [1.82, 2.24) is 15.0 Å². The standard InChI is InChI=1S/C23H26F2N4OS.CH2O2/c1-14-10-15(12-17(11-14)28-22-26-9-8-18(29-22)20(24)25)19-13-27-21(31-19)23(2,30)16-6-4-3-5-7-16;2-1-3/h8-13,16,20,30H,3-7H2,1-2H3,(H,26,28,29);1H,(H,2,3). The van der Waals surface area contributed by atoms with Crippen molar-refractivity contribution in [2.45, 2.75) is 58.0 Å². The second kappa shape index (κ2) is 11.4. The SMILES string of the molecule is Cc1cc(Nc2nccc(C(F)F)n2)cc(-c2cnc(C(C)(O)C3CCCCC3)s2)c1.O=CO. The zero-order valence-electron chi connectivity index (χ0n) is 19.0. The van der Waals surface area contributed by atoms with Crippen LogP contribution < -0.4 is 5.32 Å². The van der Waals surface area contributed by atoms with Gasteiger partial charge in [-0.3, -0.25) is 4.79 Å². The van der Waals surface area contributed by atoms with Crippen LogP contribution in [-0.2, 0) is 10.4 Å². The molecule has 34 heavy (non-hydrogen) atoms. The highest BCUT2D eigenvalue weighted by molar-refractivity contribution is 7.15. The number of thiazole rings is 1. The molecule has 1 aromatic carbocycles. The van der Waals surface area contributed by atoms with Crippen LogP contribution in [0.5, 0.6) is 0 Å². The topological polar surface area (TPSA) is 108 Å². The van der Waals surface area contributed by atoms with Crippen molar-refractivity contribution in [1.29, 1.82) is 0 Å². The van der Waals surface area contributed by atoms with E-state index in [0.29, 0.717) is 5.69 Å². The van der Waals surface area contributed by atoms with Crippen molar-refractivity contribution in [2.24, 2.45) is 5.92 Å². The van der Waals surface area contributed by atoms with E-state index in [-0.39, 0.29) is 24.0 Å². The molecule has 2 heterocycles. The summed E-state index contributed by atoms with van der Waals surface area (Å²) in [6.45, 7) is 3.59. The zero-order valence-corrected chi connectivity index (χ0v) is 19.9. The van der Waals surface area contributed by atoms with Gasteiger partial charge < -0.3 is 15.5 Å². The molecule has 1 aliphatic carbocycles. The summed E-state index contributed by atoms with van der Waals surface area (Å²) in [5.41, 5.74) is 1.39. The first-order valence-electron chi connectivity index (χ1n) is 11.0. The molecule has 2 aromatic heterocycles. The van der Waals surface area contributed by atoms with E-state index < -0.39 is 12.0 Å². The van der Waals surface area contributed by atoms with E-state index in [1.165, 1.54) is 30.0 Å². The van der Waals surface area contributed by atoms with Gasteiger partial charge in [-0.1, -0.05) is 25.3 Å². The van der Waals surface area contributed by atoms with Gasteiger partial charge in [-0.25, -0.2) is 23.7 Å². The minimum absolute atomic E-state index is 0.125. The van der Waals surface area contributed by atoms with E-state index in [1.54, 1.807) is 6.20 Å². The molecule has 0 radical (unpaired) electrons. The molecule has 4 rings (SSSR count). The first kappa shape index (κ1) is 25.6. The van der Waals surface area contributed by atoms with Gasteiger partial charge in [-0.2, -0.15) is 0 Å². The largest absolute Gasteiger partial charge is 0.483 e. The van der Waals surface area contributed by atoms with Crippen LogP contribution >= 0.6 is 11.3 Å². The van der Waals surface area contributed by atoms with E-state index in [1.807, 2.05) is 32.0 Å². The maximum atomic E-state index is 12.9. The Morgan fingerprint density at radius 1 is 1.21 bits per heavy atom. The lowest BCUT2D eigenvalue weighted by molar-refractivity contribution is -0.122. The predicted molar refractivity (Wildman–Crippen MR) is 127 cm³/mol. The molecule has 10 heteroatoms. The van der Waals surface area contributed by atoms with Crippen molar-refractivity contribution in [3.63, 3.8) is 0 Å². The molecule has 7 nitrogen and oxygen atoms in total. The number of carboxylic acid groups (broad SMARTS) is 1. The fourth-order valence-corrected chi connectivity index (χ4v) is 5.19. The molecule has 3 N–H and O–H groups in total. The first-order valence-corrected chi connectivity index (χ1v) is 11.8. The Labute approximate surface area is 200 Å². The highest BCUT2D eigenvalue weighted by Gasteiger charge is 2.37. The van der Waals surface area contributed by atoms with Gasteiger partial charge in [0, 0.05) is 18.1 Å². The van der Waals surface area contributed by atoms with Gasteiger partial charge >= 0.3 is 0 Å². The maximum absolute atomic E-state index is 12.9. The Bertz CT molecular complexity index is 1100. The van der Waals surface area contributed by atoms with Crippen LogP contribution in [0, 0.1) is 12.8 Å². The molecular formula is C24H28F2N4O3S. The minimum Gasteiger partial charge on any atom is -0.483 e. The van der Waals surface area contributed by atoms with Crippen molar-refractivity contribution < 1.29 is 23.8 Å². The number of hydrogen-bond donors (Lipinski definition) is 3. The predicted octanol–water partition coefficient (Wildman–Crippen LogP) is 6.08. The van der Waals surface area contributed by atoms with Gasteiger partial charge in [0.1, 0.15) is 16.3 Å². The number of hydrogen-bond acceptors (Lipinski definition) is 7. The highest BCUT2D eigenvalue weighted by atomic mass is 32.1. The van der Waals surface area contributed by atoms with E-state index >= 15 is 0 Å². The van der Waals surface area contributed by atoms with Crippen LogP contribution in [-0.4, -0.2) is 31.6 Å². The smallest absolute Gasteiger partial charge is 0.290 e. The highest BCUT2D eigenvalue weighted by Crippen LogP contribution is 2.42. The Morgan fingerprint density at radius 2 is 1.91 bits per heavy atom. The Hall–Kier alpha value is -2.98. The minimum atomic E-state index is -2.65. The molecule has 0 spiro atoms. The van der Waals surface area contributed by atoms with E-state index in [0.717, 1.165) is 46.7 Å². The van der Waals surface area contributed by atoms with Crippen LogP contribution in [0.3, 0.4) is 0 Å². The zero-order chi connectivity index (χ0) is 24.7. The third-order valence-corrected chi connectivity index (χ3v) is 7.13. The number of aromatic nitrogens is 3. The number of nitrogens with one attached hydrogen (secondary N) is 1. The monoisotopic (exact) mass is 490 g/mol. The molecule has 1 aliphatic rings. The third kappa shape index (κ3) is 6.32. The summed E-state index contributed by atoms with van der Waals surface area (Å²) in [5.74, 6) is 0.355. The molecule has 1 saturated carbocycles. The van der Waals surface area contributed by atoms with Crippen molar-refractivity contribution >= 4 is 29.4 Å². The number of anilines is 2. The van der Waals surface area contributed by atoms with Crippen molar-refractivity contribution in [3.05, 3.63) is 52.9 Å². The van der Waals surface area contributed by atoms with Gasteiger partial charge in [0.2, 0.25) is 5.95 Å². The third-order valence-electron chi connectivity index (χ3n) is 5.86. The number of benzene rings is 1. The van der Waals surface area contributed by atoms with Crippen LogP contribution in [0.2, 0.25) is 0 Å². The Balaban J connectivity index is 0.00000103. The number of alkyl halides is 2. The maximum Gasteiger partial charge on any atom is 0.290 e. The van der Waals surface area contributed by atoms with E-state index in [4.69, 9.17) is 9.90 Å². The fourth-order valence-electron chi connectivity index (χ4n) is 4.16. The summed E-state index contributed by atoms with van der Waals surface area (Å²) >= 11 is 1.50. The first-order chi connectivity index (χ1) is 16.2. The van der Waals surface area contributed by atoms with Crippen molar-refractivity contribution in [2.75, 3.05) is 5.32 Å². The average molecular weight is 491 g/mol. The molecule has 3 aromatic rings. The second-order valence-corrected chi connectivity index (χ2v) is 9.47. The lowest BCUT2D eigenvalue weighted by Crippen LogP contribution is -2.33. The number of halogens is 2. The van der Waals surface area contributed by atoms with Gasteiger partial charge in [-0.15, -0.1) is 11.3 Å². The average Bonchev–Trinajstić information content (AvgIpc) is 3.31. The van der Waals surface area contributed by atoms with Gasteiger partial charge in [-0.05, 0) is 61.9 Å². The molecule has 0 aliphatic heterocycles. The molecule has 0 amide bonds. The summed E-state index contributed by atoms with van der Waals surface area (Å²) in [6, 6.07) is 7.06. The number of aliphatic hydroxyl groups is 1. The molecule has 1 atom stereocenters. The summed E-state index contributed by atoms with van der Waals surface area (Å²) in [6.07, 6.45) is 6.06. The van der Waals surface area contributed by atoms with Crippen LogP contribution in [0.15, 0.2) is 36.7 Å². The lowest BCUT2D eigenvalue weighted by Gasteiger charge is -2.33.